The fourth-order valence-corrected chi connectivity index (χ4v) is 2.05. The van der Waals surface area contributed by atoms with Crippen molar-refractivity contribution in [3.63, 3.8) is 0 Å². The Hall–Kier alpha value is -1.88. The van der Waals surface area contributed by atoms with Gasteiger partial charge in [-0.05, 0) is 44.5 Å². The molecule has 0 saturated heterocycles. The second kappa shape index (κ2) is 7.53. The van der Waals surface area contributed by atoms with Gasteiger partial charge in [-0.15, -0.1) is 0 Å². The highest BCUT2D eigenvalue weighted by Gasteiger charge is 2.04. The standard InChI is InChI=1S/C14H18N4S/c1-6-13(19-10(2)8-7-9-15-5)18-14-11(3)16-12(4)17-14/h6-9H,1,5H2,2-4H3,(H,16,17)/b9-7-,10-8+,18-13?. The first-order chi connectivity index (χ1) is 9.06. The minimum Gasteiger partial charge on any atom is -0.344 e. The molecule has 0 aliphatic heterocycles. The molecular formula is C14H18N4S. The number of nitrogens with one attached hydrogen (secondary N) is 1. The van der Waals surface area contributed by atoms with Crippen LogP contribution in [0, 0.1) is 13.8 Å². The van der Waals surface area contributed by atoms with Crippen molar-refractivity contribution in [3.05, 3.63) is 47.4 Å². The summed E-state index contributed by atoms with van der Waals surface area (Å²) in [6, 6.07) is 0. The fraction of sp³-hybridized carbons (Fsp3) is 0.214. The molecule has 1 aromatic heterocycles. The molecule has 0 bridgehead atoms. The van der Waals surface area contributed by atoms with Crippen LogP contribution in [0.25, 0.3) is 0 Å². The van der Waals surface area contributed by atoms with Gasteiger partial charge in [-0.3, -0.25) is 4.99 Å². The van der Waals surface area contributed by atoms with Crippen LogP contribution in [0.2, 0.25) is 0 Å². The number of imidazole rings is 1. The Kier molecular flexibility index (Phi) is 6.02. The van der Waals surface area contributed by atoms with Crippen LogP contribution in [0.15, 0.2) is 45.9 Å². The summed E-state index contributed by atoms with van der Waals surface area (Å²) in [5.74, 6) is 1.56. The highest BCUT2D eigenvalue weighted by molar-refractivity contribution is 8.17. The molecule has 0 spiro atoms. The molecule has 1 N–H and O–H groups in total. The van der Waals surface area contributed by atoms with Crippen molar-refractivity contribution in [3.8, 4) is 0 Å². The van der Waals surface area contributed by atoms with Crippen LogP contribution >= 0.6 is 11.8 Å². The molecule has 1 aromatic rings. The fourth-order valence-electron chi connectivity index (χ4n) is 1.36. The lowest BCUT2D eigenvalue weighted by atomic mass is 10.5. The number of aliphatic imine (C=N–C) groups is 2. The Balaban J connectivity index is 2.86. The number of aromatic nitrogens is 2. The van der Waals surface area contributed by atoms with Crippen LogP contribution in [0.4, 0.5) is 5.82 Å². The maximum absolute atomic E-state index is 4.48. The zero-order valence-electron chi connectivity index (χ0n) is 11.5. The van der Waals surface area contributed by atoms with Gasteiger partial charge in [0.05, 0.1) is 5.69 Å². The van der Waals surface area contributed by atoms with Gasteiger partial charge in [0.2, 0.25) is 0 Å². The number of aromatic amines is 1. The van der Waals surface area contributed by atoms with E-state index in [9.17, 15) is 0 Å². The summed E-state index contributed by atoms with van der Waals surface area (Å²) in [4.78, 5) is 16.7. The smallest absolute Gasteiger partial charge is 0.174 e. The predicted molar refractivity (Wildman–Crippen MR) is 85.4 cm³/mol. The number of thioether (sulfide) groups is 1. The maximum Gasteiger partial charge on any atom is 0.174 e. The van der Waals surface area contributed by atoms with Crippen molar-refractivity contribution in [1.29, 1.82) is 0 Å². The lowest BCUT2D eigenvalue weighted by Crippen LogP contribution is -1.86. The van der Waals surface area contributed by atoms with Crippen molar-refractivity contribution in [2.75, 3.05) is 0 Å². The minimum absolute atomic E-state index is 0.705. The lowest BCUT2D eigenvalue weighted by Gasteiger charge is -2.00. The normalized spacial score (nSPS) is 13.0. The van der Waals surface area contributed by atoms with Gasteiger partial charge in [-0.2, -0.15) is 0 Å². The molecule has 5 heteroatoms. The number of H-pyrrole nitrogens is 1. The third kappa shape index (κ3) is 5.09. The SMILES string of the molecule is C=CC(=Nc1nc(C)[nH]c1C)S/C(C)=C/C=C\N=C. The maximum atomic E-state index is 4.48. The van der Waals surface area contributed by atoms with Gasteiger partial charge in [0.15, 0.2) is 5.82 Å². The molecule has 0 aromatic carbocycles. The van der Waals surface area contributed by atoms with Crippen LogP contribution in [0.3, 0.4) is 0 Å². The van der Waals surface area contributed by atoms with E-state index >= 15 is 0 Å². The highest BCUT2D eigenvalue weighted by Crippen LogP contribution is 2.22. The molecule has 0 unspecified atom stereocenters. The molecule has 0 aliphatic rings. The number of allylic oxidation sites excluding steroid dienone is 3. The minimum atomic E-state index is 0.705. The third-order valence-electron chi connectivity index (χ3n) is 2.16. The van der Waals surface area contributed by atoms with Crippen molar-refractivity contribution in [2.24, 2.45) is 9.98 Å². The topological polar surface area (TPSA) is 53.4 Å². The van der Waals surface area contributed by atoms with E-state index in [0.717, 1.165) is 21.5 Å². The predicted octanol–water partition coefficient (Wildman–Crippen LogP) is 4.09. The summed E-state index contributed by atoms with van der Waals surface area (Å²) in [6.07, 6.45) is 7.14. The van der Waals surface area contributed by atoms with Gasteiger partial charge in [-0.25, -0.2) is 9.98 Å². The molecule has 0 aliphatic carbocycles. The third-order valence-corrected chi connectivity index (χ3v) is 3.08. The van der Waals surface area contributed by atoms with E-state index in [1.54, 1.807) is 12.3 Å². The van der Waals surface area contributed by atoms with Gasteiger partial charge in [0.25, 0.3) is 0 Å². The second-order valence-electron chi connectivity index (χ2n) is 3.83. The summed E-state index contributed by atoms with van der Waals surface area (Å²) in [5.41, 5.74) is 0.954. The first-order valence-corrected chi connectivity index (χ1v) is 6.60. The van der Waals surface area contributed by atoms with Crippen LogP contribution < -0.4 is 0 Å². The van der Waals surface area contributed by atoms with E-state index in [1.807, 2.05) is 32.9 Å². The van der Waals surface area contributed by atoms with Crippen molar-refractivity contribution >= 4 is 29.3 Å². The van der Waals surface area contributed by atoms with E-state index in [-0.39, 0.29) is 0 Å². The number of hydrogen-bond donors (Lipinski definition) is 1. The Morgan fingerprint density at radius 3 is 2.68 bits per heavy atom. The van der Waals surface area contributed by atoms with Gasteiger partial charge in [0, 0.05) is 6.20 Å². The van der Waals surface area contributed by atoms with E-state index in [2.05, 4.69) is 33.2 Å². The number of aryl methyl sites for hydroxylation is 2. The summed E-state index contributed by atoms with van der Waals surface area (Å²) in [5, 5.41) is 0.809. The zero-order chi connectivity index (χ0) is 14.3. The summed E-state index contributed by atoms with van der Waals surface area (Å²) >= 11 is 1.53. The van der Waals surface area contributed by atoms with E-state index < -0.39 is 0 Å². The Labute approximate surface area is 118 Å². The average molecular weight is 274 g/mol. The van der Waals surface area contributed by atoms with Crippen molar-refractivity contribution in [2.45, 2.75) is 20.8 Å². The Bertz CT molecular complexity index is 550. The van der Waals surface area contributed by atoms with Crippen LogP contribution in [-0.4, -0.2) is 21.7 Å². The zero-order valence-corrected chi connectivity index (χ0v) is 12.3. The van der Waals surface area contributed by atoms with Gasteiger partial charge in [0.1, 0.15) is 10.9 Å². The summed E-state index contributed by atoms with van der Waals surface area (Å²) in [6.45, 7) is 13.0. The number of hydrogen-bond acceptors (Lipinski definition) is 4. The molecule has 0 fully saturated rings. The van der Waals surface area contributed by atoms with E-state index in [1.165, 1.54) is 11.8 Å². The van der Waals surface area contributed by atoms with Gasteiger partial charge < -0.3 is 4.98 Å². The molecule has 0 saturated carbocycles. The van der Waals surface area contributed by atoms with Crippen molar-refractivity contribution in [1.82, 2.24) is 9.97 Å². The number of nitrogens with zero attached hydrogens (tertiary/aromatic N) is 3. The molecule has 4 nitrogen and oxygen atoms in total. The molecule has 100 valence electrons. The second-order valence-corrected chi connectivity index (χ2v) is 5.09. The Morgan fingerprint density at radius 2 is 2.16 bits per heavy atom. The molecule has 1 heterocycles. The Morgan fingerprint density at radius 1 is 1.42 bits per heavy atom. The molecule has 0 atom stereocenters. The first kappa shape index (κ1) is 15.2. The van der Waals surface area contributed by atoms with Gasteiger partial charge >= 0.3 is 0 Å². The first-order valence-electron chi connectivity index (χ1n) is 5.78. The number of rotatable bonds is 5. The molecule has 0 amide bonds. The summed E-state index contributed by atoms with van der Waals surface area (Å²) in [7, 11) is 0. The summed E-state index contributed by atoms with van der Waals surface area (Å²) < 4.78 is 0. The average Bonchev–Trinajstić information content (AvgIpc) is 2.67. The monoisotopic (exact) mass is 274 g/mol. The van der Waals surface area contributed by atoms with Gasteiger partial charge in [-0.1, -0.05) is 24.4 Å². The highest BCUT2D eigenvalue weighted by atomic mass is 32.2. The van der Waals surface area contributed by atoms with E-state index in [0.29, 0.717) is 5.82 Å². The largest absolute Gasteiger partial charge is 0.344 e. The van der Waals surface area contributed by atoms with Crippen molar-refractivity contribution < 1.29 is 0 Å². The van der Waals surface area contributed by atoms with Crippen LogP contribution in [-0.2, 0) is 0 Å². The molecule has 0 radical (unpaired) electrons. The van der Waals surface area contributed by atoms with Crippen LogP contribution in [0.5, 0.6) is 0 Å². The van der Waals surface area contributed by atoms with Crippen LogP contribution in [0.1, 0.15) is 18.4 Å². The molecular weight excluding hydrogens is 256 g/mol. The van der Waals surface area contributed by atoms with E-state index in [4.69, 9.17) is 0 Å². The molecule has 1 rings (SSSR count). The quantitative estimate of drug-likeness (QED) is 0.499. The lowest BCUT2D eigenvalue weighted by molar-refractivity contribution is 1.13. The molecule has 19 heavy (non-hydrogen) atoms.